The van der Waals surface area contributed by atoms with Crippen molar-refractivity contribution in [3.63, 3.8) is 0 Å². The summed E-state index contributed by atoms with van der Waals surface area (Å²) in [5, 5.41) is 2.46. The Morgan fingerprint density at radius 2 is 1.71 bits per heavy atom. The molecule has 0 aliphatic carbocycles. The van der Waals surface area contributed by atoms with Gasteiger partial charge in [0.2, 0.25) is 12.4 Å². The largest absolute Gasteiger partial charge is 0.272 e. The zero-order valence-corrected chi connectivity index (χ0v) is 12.1. The van der Waals surface area contributed by atoms with Crippen LogP contribution in [0.1, 0.15) is 18.1 Å². The zero-order chi connectivity index (χ0) is 14.7. The van der Waals surface area contributed by atoms with E-state index in [4.69, 9.17) is 4.84 Å². The maximum absolute atomic E-state index is 5.40. The molecular formula is C19H18NO+. The summed E-state index contributed by atoms with van der Waals surface area (Å²) >= 11 is 0. The minimum atomic E-state index is 0.647. The molecule has 0 aliphatic heterocycles. The van der Waals surface area contributed by atoms with Gasteiger partial charge in [-0.05, 0) is 34.4 Å². The molecule has 0 spiro atoms. The topological polar surface area (TPSA) is 13.1 Å². The van der Waals surface area contributed by atoms with Crippen LogP contribution in [0, 0.1) is 0 Å². The molecule has 0 unspecified atom stereocenters. The summed E-state index contributed by atoms with van der Waals surface area (Å²) < 4.78 is 1.71. The molecule has 3 rings (SSSR count). The number of rotatable bonds is 4. The van der Waals surface area contributed by atoms with Crippen molar-refractivity contribution in [2.75, 3.05) is 6.61 Å². The second-order valence-corrected chi connectivity index (χ2v) is 4.87. The summed E-state index contributed by atoms with van der Waals surface area (Å²) in [5.74, 6) is 0. The Labute approximate surface area is 124 Å². The van der Waals surface area contributed by atoms with Crippen molar-refractivity contribution in [1.82, 2.24) is 0 Å². The van der Waals surface area contributed by atoms with Gasteiger partial charge in [0.15, 0.2) is 6.61 Å². The molecule has 104 valence electrons. The monoisotopic (exact) mass is 276 g/mol. The normalized spacial score (nSPS) is 10.5. The molecular weight excluding hydrogens is 258 g/mol. The van der Waals surface area contributed by atoms with E-state index in [0.717, 1.165) is 11.1 Å². The Bertz CT molecular complexity index is 770. The summed E-state index contributed by atoms with van der Waals surface area (Å²) in [4.78, 5) is 5.40. The van der Waals surface area contributed by atoms with Crippen LogP contribution in [0.15, 0.2) is 73.6 Å². The molecule has 2 nitrogen and oxygen atoms in total. The summed E-state index contributed by atoms with van der Waals surface area (Å²) in [5.41, 5.74) is 3.29. The molecule has 2 heteroatoms. The summed E-state index contributed by atoms with van der Waals surface area (Å²) in [6.07, 6.45) is 3.82. The Balaban J connectivity index is 2.00. The average Bonchev–Trinajstić information content (AvgIpc) is 2.55. The number of aromatic nitrogens is 1. The van der Waals surface area contributed by atoms with Crippen LogP contribution in [-0.2, 0) is 0 Å². The highest BCUT2D eigenvalue weighted by atomic mass is 16.7. The van der Waals surface area contributed by atoms with E-state index < -0.39 is 0 Å². The van der Waals surface area contributed by atoms with Crippen LogP contribution >= 0.6 is 0 Å². The van der Waals surface area contributed by atoms with Gasteiger partial charge in [0.25, 0.3) is 0 Å². The molecule has 0 atom stereocenters. The van der Waals surface area contributed by atoms with Gasteiger partial charge in [-0.1, -0.05) is 49.0 Å². The van der Waals surface area contributed by atoms with Gasteiger partial charge in [-0.15, -0.1) is 0 Å². The lowest BCUT2D eigenvalue weighted by Gasteiger charge is -2.09. The molecule has 0 fully saturated rings. The molecule has 3 aromatic rings. The van der Waals surface area contributed by atoms with Gasteiger partial charge < -0.3 is 0 Å². The third-order valence-electron chi connectivity index (χ3n) is 3.54. The Morgan fingerprint density at radius 3 is 2.48 bits per heavy atom. The highest BCUT2D eigenvalue weighted by Crippen LogP contribution is 2.28. The van der Waals surface area contributed by atoms with Gasteiger partial charge in [0.05, 0.1) is 0 Å². The fourth-order valence-corrected chi connectivity index (χ4v) is 2.49. The lowest BCUT2D eigenvalue weighted by atomic mass is 9.95. The predicted molar refractivity (Wildman–Crippen MR) is 85.8 cm³/mol. The van der Waals surface area contributed by atoms with Crippen LogP contribution in [0.4, 0.5) is 0 Å². The van der Waals surface area contributed by atoms with E-state index in [1.165, 1.54) is 16.3 Å². The van der Waals surface area contributed by atoms with E-state index in [9.17, 15) is 0 Å². The fourth-order valence-electron chi connectivity index (χ4n) is 2.49. The van der Waals surface area contributed by atoms with Crippen LogP contribution in [0.3, 0.4) is 0 Å². The molecule has 0 saturated heterocycles. The van der Waals surface area contributed by atoms with Crippen molar-refractivity contribution in [2.45, 2.75) is 6.92 Å². The summed E-state index contributed by atoms with van der Waals surface area (Å²) in [6.45, 7) is 6.89. The van der Waals surface area contributed by atoms with Crippen LogP contribution in [0.25, 0.3) is 16.3 Å². The molecule has 0 saturated carbocycles. The molecule has 0 N–H and O–H groups in total. The van der Waals surface area contributed by atoms with Crippen LogP contribution in [-0.4, -0.2) is 6.61 Å². The van der Waals surface area contributed by atoms with Gasteiger partial charge in [-0.2, -0.15) is 0 Å². The van der Waals surface area contributed by atoms with Crippen molar-refractivity contribution in [3.8, 4) is 0 Å². The number of pyridine rings is 1. The van der Waals surface area contributed by atoms with E-state index in [1.54, 1.807) is 4.73 Å². The molecule has 0 amide bonds. The second-order valence-electron chi connectivity index (χ2n) is 4.87. The first-order valence-electron chi connectivity index (χ1n) is 7.11. The standard InChI is InChI=1S/C19H18NO/c1-3-21-20-13-11-16(12-14-20)15(2)18-10-6-8-17-7-4-5-9-19(17)18/h4-14H,2-3H2,1H3/q+1. The first-order chi connectivity index (χ1) is 10.3. The Kier molecular flexibility index (Phi) is 3.69. The number of nitrogens with zero attached hydrogens (tertiary/aromatic N) is 1. The van der Waals surface area contributed by atoms with E-state index >= 15 is 0 Å². The molecule has 0 radical (unpaired) electrons. The van der Waals surface area contributed by atoms with Crippen molar-refractivity contribution in [2.24, 2.45) is 0 Å². The minimum absolute atomic E-state index is 0.647. The number of fused-ring (bicyclic) bond motifs is 1. The van der Waals surface area contributed by atoms with Gasteiger partial charge in [-0.25, -0.2) is 0 Å². The number of hydrogen-bond acceptors (Lipinski definition) is 1. The highest BCUT2D eigenvalue weighted by Gasteiger charge is 2.08. The van der Waals surface area contributed by atoms with Crippen LogP contribution in [0.5, 0.6) is 0 Å². The third kappa shape index (κ3) is 2.65. The molecule has 2 aromatic carbocycles. The SMILES string of the molecule is C=C(c1cc[n+](OCC)cc1)c1cccc2ccccc12. The molecule has 0 aliphatic rings. The first-order valence-corrected chi connectivity index (χ1v) is 7.11. The van der Waals surface area contributed by atoms with Crippen molar-refractivity contribution in [1.29, 1.82) is 0 Å². The highest BCUT2D eigenvalue weighted by molar-refractivity contribution is 5.96. The number of benzene rings is 2. The first kappa shape index (κ1) is 13.4. The second kappa shape index (κ2) is 5.80. The van der Waals surface area contributed by atoms with Gasteiger partial charge in [-0.3, -0.25) is 4.84 Å². The lowest BCUT2D eigenvalue weighted by Crippen LogP contribution is -2.41. The zero-order valence-electron chi connectivity index (χ0n) is 12.1. The van der Waals surface area contributed by atoms with Gasteiger partial charge >= 0.3 is 0 Å². The summed E-state index contributed by atoms with van der Waals surface area (Å²) in [6, 6.07) is 18.8. The quantitative estimate of drug-likeness (QED) is 0.663. The number of hydrogen-bond donors (Lipinski definition) is 0. The molecule has 0 bridgehead atoms. The smallest absolute Gasteiger partial charge is 0.223 e. The van der Waals surface area contributed by atoms with E-state index in [1.807, 2.05) is 31.5 Å². The van der Waals surface area contributed by atoms with Crippen molar-refractivity contribution in [3.05, 3.63) is 84.7 Å². The molecule has 21 heavy (non-hydrogen) atoms. The average molecular weight is 276 g/mol. The van der Waals surface area contributed by atoms with E-state index in [0.29, 0.717) is 6.61 Å². The van der Waals surface area contributed by atoms with Crippen LogP contribution < -0.4 is 9.57 Å². The maximum atomic E-state index is 5.40. The Hall–Kier alpha value is -2.61. The van der Waals surface area contributed by atoms with E-state index in [2.05, 4.69) is 49.0 Å². The van der Waals surface area contributed by atoms with Gasteiger partial charge in [0, 0.05) is 16.9 Å². The maximum Gasteiger partial charge on any atom is 0.223 e. The van der Waals surface area contributed by atoms with E-state index in [-0.39, 0.29) is 0 Å². The molecule has 1 heterocycles. The minimum Gasteiger partial charge on any atom is -0.272 e. The Morgan fingerprint density at radius 1 is 1.00 bits per heavy atom. The third-order valence-corrected chi connectivity index (χ3v) is 3.54. The van der Waals surface area contributed by atoms with Gasteiger partial charge in [0.1, 0.15) is 0 Å². The fraction of sp³-hybridized carbons (Fsp3) is 0.105. The lowest BCUT2D eigenvalue weighted by molar-refractivity contribution is -0.891. The van der Waals surface area contributed by atoms with Crippen LogP contribution in [0.2, 0.25) is 0 Å². The molecule has 1 aromatic heterocycles. The predicted octanol–water partition coefficient (Wildman–Crippen LogP) is 3.64. The van der Waals surface area contributed by atoms with Crippen molar-refractivity contribution >= 4 is 16.3 Å². The van der Waals surface area contributed by atoms with Crippen molar-refractivity contribution < 1.29 is 9.57 Å². The summed E-state index contributed by atoms with van der Waals surface area (Å²) in [7, 11) is 0.